The van der Waals surface area contributed by atoms with E-state index in [9.17, 15) is 9.18 Å². The number of fused-ring (bicyclic) bond motifs is 1. The van der Waals surface area contributed by atoms with Crippen LogP contribution in [0.5, 0.6) is 5.75 Å². The lowest BCUT2D eigenvalue weighted by Crippen LogP contribution is -2.15. The van der Waals surface area contributed by atoms with Gasteiger partial charge in [-0.05, 0) is 41.6 Å². The number of alkyl halides is 1. The highest BCUT2D eigenvalue weighted by Gasteiger charge is 2.43. The molecule has 1 aliphatic carbocycles. The van der Waals surface area contributed by atoms with E-state index in [-0.39, 0.29) is 12.3 Å². The number of nitrogen functional groups attached to an aromatic ring is 1. The van der Waals surface area contributed by atoms with Crippen LogP contribution >= 0.6 is 0 Å². The maximum Gasteiger partial charge on any atom is 0.231 e. The number of methoxy groups -OCH3 is 1. The molecule has 1 aromatic carbocycles. The molecule has 2 heterocycles. The topological polar surface area (TPSA) is 90.1 Å². The van der Waals surface area contributed by atoms with Gasteiger partial charge in [0, 0.05) is 35.2 Å². The zero-order valence-corrected chi connectivity index (χ0v) is 14.1. The molecule has 0 radical (unpaired) electrons. The van der Waals surface area contributed by atoms with Gasteiger partial charge in [0.05, 0.1) is 13.0 Å². The van der Waals surface area contributed by atoms with Crippen molar-refractivity contribution in [3.05, 3.63) is 42.9 Å². The smallest absolute Gasteiger partial charge is 0.231 e. The number of amides is 1. The van der Waals surface area contributed by atoms with Gasteiger partial charge in [0.25, 0.3) is 0 Å². The van der Waals surface area contributed by atoms with Gasteiger partial charge in [0.15, 0.2) is 0 Å². The number of rotatable bonds is 4. The van der Waals surface area contributed by atoms with Crippen molar-refractivity contribution in [2.24, 2.45) is 5.92 Å². The van der Waals surface area contributed by atoms with E-state index in [1.54, 1.807) is 37.8 Å². The molecule has 0 bridgehead atoms. The van der Waals surface area contributed by atoms with E-state index >= 15 is 0 Å². The van der Waals surface area contributed by atoms with Crippen molar-refractivity contribution in [1.82, 2.24) is 9.97 Å². The van der Waals surface area contributed by atoms with Crippen molar-refractivity contribution < 1.29 is 13.9 Å². The van der Waals surface area contributed by atoms with E-state index in [2.05, 4.69) is 15.3 Å². The Morgan fingerprint density at radius 3 is 2.88 bits per heavy atom. The van der Waals surface area contributed by atoms with Gasteiger partial charge in [-0.2, -0.15) is 0 Å². The van der Waals surface area contributed by atoms with Crippen LogP contribution < -0.4 is 15.8 Å². The number of aromatic nitrogens is 2. The first kappa shape index (κ1) is 16.3. The highest BCUT2D eigenvalue weighted by molar-refractivity contribution is 6.00. The summed E-state index contributed by atoms with van der Waals surface area (Å²) in [5, 5.41) is 4.24. The lowest BCUT2D eigenvalue weighted by Gasteiger charge is -2.11. The van der Waals surface area contributed by atoms with Crippen LogP contribution in [0.25, 0.3) is 21.9 Å². The minimum atomic E-state index is -1.05. The molecule has 1 saturated carbocycles. The second-order valence-electron chi connectivity index (χ2n) is 6.28. The summed E-state index contributed by atoms with van der Waals surface area (Å²) >= 11 is 0. The number of halogens is 1. The molecule has 1 fully saturated rings. The second-order valence-corrected chi connectivity index (χ2v) is 6.28. The number of carbonyl (C=O) groups is 1. The maximum absolute atomic E-state index is 13.0. The average Bonchev–Trinajstić information content (AvgIpc) is 3.38. The largest absolute Gasteiger partial charge is 0.496 e. The molecule has 1 aliphatic rings. The summed E-state index contributed by atoms with van der Waals surface area (Å²) in [6, 6.07) is 7.26. The van der Waals surface area contributed by atoms with Gasteiger partial charge in [-0.1, -0.05) is 0 Å². The molecule has 1 amide bonds. The van der Waals surface area contributed by atoms with Gasteiger partial charge < -0.3 is 15.8 Å². The van der Waals surface area contributed by atoms with E-state index in [1.807, 2.05) is 12.1 Å². The number of nitrogens with two attached hydrogens (primary N) is 1. The number of pyridine rings is 2. The molecule has 3 N–H and O–H groups in total. The highest BCUT2D eigenvalue weighted by Crippen LogP contribution is 2.36. The fourth-order valence-corrected chi connectivity index (χ4v) is 2.94. The normalized spacial score (nSPS) is 18.5. The second kappa shape index (κ2) is 6.25. The lowest BCUT2D eigenvalue weighted by molar-refractivity contribution is -0.117. The number of nitrogens with zero attached hydrogens (tertiary/aromatic N) is 2. The van der Waals surface area contributed by atoms with Crippen LogP contribution in [-0.4, -0.2) is 29.2 Å². The predicted molar refractivity (Wildman–Crippen MR) is 97.6 cm³/mol. The van der Waals surface area contributed by atoms with E-state index in [0.717, 1.165) is 21.9 Å². The minimum absolute atomic E-state index is 0.275. The summed E-state index contributed by atoms with van der Waals surface area (Å²) in [5.41, 5.74) is 8.38. The van der Waals surface area contributed by atoms with Crippen molar-refractivity contribution in [3.63, 3.8) is 0 Å². The highest BCUT2D eigenvalue weighted by atomic mass is 19.1. The van der Waals surface area contributed by atoms with Gasteiger partial charge in [0.1, 0.15) is 17.7 Å². The van der Waals surface area contributed by atoms with Gasteiger partial charge in [0.2, 0.25) is 5.91 Å². The van der Waals surface area contributed by atoms with E-state index in [0.29, 0.717) is 17.3 Å². The Bertz CT molecular complexity index is 1010. The molecular weight excluding hydrogens is 335 g/mol. The number of hydrogen-bond donors (Lipinski definition) is 2. The van der Waals surface area contributed by atoms with Crippen molar-refractivity contribution in [2.45, 2.75) is 12.6 Å². The van der Waals surface area contributed by atoms with E-state index < -0.39 is 12.1 Å². The van der Waals surface area contributed by atoms with Crippen LogP contribution in [0.15, 0.2) is 42.9 Å². The first-order valence-electron chi connectivity index (χ1n) is 8.19. The zero-order chi connectivity index (χ0) is 18.3. The van der Waals surface area contributed by atoms with Crippen LogP contribution in [0.4, 0.5) is 15.9 Å². The van der Waals surface area contributed by atoms with E-state index in [4.69, 9.17) is 10.5 Å². The first-order chi connectivity index (χ1) is 12.6. The number of anilines is 2. The molecule has 7 heteroatoms. The van der Waals surface area contributed by atoms with Crippen molar-refractivity contribution in [1.29, 1.82) is 0 Å². The SMILES string of the molecule is COc1ccncc1-c1cc(N)c2cnc(NC(=O)[C@H]3C[C@H]3F)cc2c1. The molecule has 3 aromatic rings. The summed E-state index contributed by atoms with van der Waals surface area (Å²) in [7, 11) is 1.59. The third kappa shape index (κ3) is 2.92. The molecule has 0 unspecified atom stereocenters. The van der Waals surface area contributed by atoms with Crippen molar-refractivity contribution >= 4 is 28.2 Å². The molecule has 2 aromatic heterocycles. The number of nitrogens with one attached hydrogen (secondary N) is 1. The molecule has 6 nitrogen and oxygen atoms in total. The van der Waals surface area contributed by atoms with Crippen LogP contribution in [0.2, 0.25) is 0 Å². The molecule has 0 aliphatic heterocycles. The fourth-order valence-electron chi connectivity index (χ4n) is 2.94. The number of hydrogen-bond acceptors (Lipinski definition) is 5. The Kier molecular flexibility index (Phi) is 3.91. The standard InChI is InChI=1S/C19H17FN4O2/c1-26-17-2-3-22-8-14(17)10-4-11-6-18(23-9-13(11)16(21)5-10)24-19(25)12-7-15(12)20/h2-6,8-9,12,15H,7,21H2,1H3,(H,23,24,25)/t12-,15+/m0/s1. The van der Waals surface area contributed by atoms with Gasteiger partial charge >= 0.3 is 0 Å². The van der Waals surface area contributed by atoms with Crippen molar-refractivity contribution in [2.75, 3.05) is 18.2 Å². The maximum atomic E-state index is 13.0. The number of carbonyl (C=O) groups excluding carboxylic acids is 1. The van der Waals surface area contributed by atoms with Crippen LogP contribution in [0.1, 0.15) is 6.42 Å². The predicted octanol–water partition coefficient (Wildman–Crippen LogP) is 3.18. The van der Waals surface area contributed by atoms with Gasteiger partial charge in [-0.3, -0.25) is 9.78 Å². The molecule has 0 spiro atoms. The third-order valence-corrected chi connectivity index (χ3v) is 4.48. The summed E-state index contributed by atoms with van der Waals surface area (Å²) in [6.45, 7) is 0. The zero-order valence-electron chi connectivity index (χ0n) is 14.1. The van der Waals surface area contributed by atoms with Gasteiger partial charge in [-0.15, -0.1) is 0 Å². The Morgan fingerprint density at radius 2 is 2.15 bits per heavy atom. The summed E-state index contributed by atoms with van der Waals surface area (Å²) < 4.78 is 18.4. The Labute approximate surface area is 149 Å². The van der Waals surface area contributed by atoms with Crippen LogP contribution in [0, 0.1) is 5.92 Å². The summed E-state index contributed by atoms with van der Waals surface area (Å²) in [4.78, 5) is 20.3. The number of ether oxygens (including phenoxy) is 1. The fraction of sp³-hybridized carbons (Fsp3) is 0.211. The number of benzene rings is 1. The molecule has 4 rings (SSSR count). The Balaban J connectivity index is 1.73. The molecule has 2 atom stereocenters. The van der Waals surface area contributed by atoms with Crippen LogP contribution in [0.3, 0.4) is 0 Å². The molecule has 0 saturated heterocycles. The quantitative estimate of drug-likeness (QED) is 0.704. The first-order valence-corrected chi connectivity index (χ1v) is 8.19. The summed E-state index contributed by atoms with van der Waals surface area (Å²) in [6.07, 6.45) is 4.19. The minimum Gasteiger partial charge on any atom is -0.496 e. The lowest BCUT2D eigenvalue weighted by atomic mass is 10.0. The van der Waals surface area contributed by atoms with Gasteiger partial charge in [-0.25, -0.2) is 9.37 Å². The van der Waals surface area contributed by atoms with E-state index in [1.165, 1.54) is 0 Å². The van der Waals surface area contributed by atoms with Crippen LogP contribution in [-0.2, 0) is 4.79 Å². The molecule has 132 valence electrons. The Hall–Kier alpha value is -3.22. The van der Waals surface area contributed by atoms with Crippen molar-refractivity contribution in [3.8, 4) is 16.9 Å². The third-order valence-electron chi connectivity index (χ3n) is 4.48. The Morgan fingerprint density at radius 1 is 1.35 bits per heavy atom. The summed E-state index contributed by atoms with van der Waals surface area (Å²) in [5.74, 6) is 0.145. The molecular formula is C19H17FN4O2. The molecule has 26 heavy (non-hydrogen) atoms. The monoisotopic (exact) mass is 352 g/mol. The average molecular weight is 352 g/mol.